The molecule has 1 saturated heterocycles. The molecule has 2 aromatic heterocycles. The zero-order valence-corrected chi connectivity index (χ0v) is 11.2. The van der Waals surface area contributed by atoms with Gasteiger partial charge in [0.15, 0.2) is 0 Å². The Bertz CT molecular complexity index is 536. The van der Waals surface area contributed by atoms with Crippen LogP contribution in [0.1, 0.15) is 12.6 Å². The number of aromatic nitrogens is 2. The number of pyridine rings is 1. The maximum Gasteiger partial charge on any atom is 0.138 e. The Kier molecular flexibility index (Phi) is 3.54. The second-order valence-corrected chi connectivity index (χ2v) is 5.64. The van der Waals surface area contributed by atoms with Crippen molar-refractivity contribution < 1.29 is 4.74 Å². The summed E-state index contributed by atoms with van der Waals surface area (Å²) in [6.07, 6.45) is 2.08. The molecule has 0 bridgehead atoms. The van der Waals surface area contributed by atoms with Gasteiger partial charge in [-0.3, -0.25) is 0 Å². The van der Waals surface area contributed by atoms with Gasteiger partial charge >= 0.3 is 0 Å². The van der Waals surface area contributed by atoms with E-state index in [1.807, 2.05) is 23.9 Å². The van der Waals surface area contributed by atoms with Crippen LogP contribution in [0.4, 0.5) is 0 Å². The molecule has 4 nitrogen and oxygen atoms in total. The van der Waals surface area contributed by atoms with Crippen molar-refractivity contribution in [3.05, 3.63) is 30.1 Å². The summed E-state index contributed by atoms with van der Waals surface area (Å²) in [4.78, 5) is 4.72. The number of fused-ring (bicyclic) bond motifs is 1. The molecule has 0 atom stereocenters. The first-order valence-corrected chi connectivity index (χ1v) is 7.17. The molecule has 1 aliphatic rings. The summed E-state index contributed by atoms with van der Waals surface area (Å²) in [5, 5.41) is 5.09. The van der Waals surface area contributed by atoms with E-state index < -0.39 is 0 Å². The first-order chi connectivity index (χ1) is 8.88. The topological polar surface area (TPSA) is 38.6 Å². The van der Waals surface area contributed by atoms with Gasteiger partial charge in [0.05, 0.1) is 24.2 Å². The fraction of sp³-hybridized carbons (Fsp3) is 0.462. The van der Waals surface area contributed by atoms with Crippen LogP contribution < -0.4 is 5.32 Å². The average molecular weight is 263 g/mol. The van der Waals surface area contributed by atoms with Gasteiger partial charge in [-0.05, 0) is 18.7 Å². The van der Waals surface area contributed by atoms with Crippen LogP contribution in [-0.4, -0.2) is 34.4 Å². The van der Waals surface area contributed by atoms with E-state index >= 15 is 0 Å². The Morgan fingerprint density at radius 2 is 2.39 bits per heavy atom. The normalized spacial score (nSPS) is 16.1. The molecule has 0 amide bonds. The number of thioether (sulfide) groups is 1. The van der Waals surface area contributed by atoms with Gasteiger partial charge in [-0.15, -0.1) is 0 Å². The highest BCUT2D eigenvalue weighted by Gasteiger charge is 2.23. The Balaban J connectivity index is 1.93. The van der Waals surface area contributed by atoms with E-state index in [1.54, 1.807) is 0 Å². The van der Waals surface area contributed by atoms with Crippen molar-refractivity contribution in [3.8, 4) is 0 Å². The van der Waals surface area contributed by atoms with Crippen molar-refractivity contribution in [2.24, 2.45) is 0 Å². The maximum absolute atomic E-state index is 5.23. The van der Waals surface area contributed by atoms with Gasteiger partial charge < -0.3 is 14.5 Å². The van der Waals surface area contributed by atoms with Gasteiger partial charge in [-0.25, -0.2) is 4.98 Å². The molecule has 3 heterocycles. The van der Waals surface area contributed by atoms with E-state index in [2.05, 4.69) is 28.9 Å². The van der Waals surface area contributed by atoms with E-state index in [4.69, 9.17) is 9.72 Å². The zero-order valence-electron chi connectivity index (χ0n) is 10.4. The molecule has 2 aromatic rings. The van der Waals surface area contributed by atoms with E-state index in [9.17, 15) is 0 Å². The van der Waals surface area contributed by atoms with Crippen LogP contribution in [0.5, 0.6) is 0 Å². The fourth-order valence-electron chi connectivity index (χ4n) is 1.96. The van der Waals surface area contributed by atoms with Gasteiger partial charge in [0.25, 0.3) is 0 Å². The third kappa shape index (κ3) is 2.25. The number of nitrogens with one attached hydrogen (secondary N) is 1. The highest BCUT2D eigenvalue weighted by molar-refractivity contribution is 8.00. The number of ether oxygens (including phenoxy) is 1. The second kappa shape index (κ2) is 5.30. The minimum atomic E-state index is 0.565. The van der Waals surface area contributed by atoms with Crippen molar-refractivity contribution in [2.75, 3.05) is 19.8 Å². The van der Waals surface area contributed by atoms with Crippen molar-refractivity contribution in [2.45, 2.75) is 23.7 Å². The Morgan fingerprint density at radius 3 is 3.11 bits per heavy atom. The Hall–Kier alpha value is -1.04. The summed E-state index contributed by atoms with van der Waals surface area (Å²) in [7, 11) is 0. The van der Waals surface area contributed by atoms with Crippen LogP contribution >= 0.6 is 11.8 Å². The van der Waals surface area contributed by atoms with Crippen LogP contribution in [-0.2, 0) is 11.3 Å². The molecule has 3 rings (SSSR count). The van der Waals surface area contributed by atoms with Gasteiger partial charge in [0.2, 0.25) is 0 Å². The van der Waals surface area contributed by atoms with Gasteiger partial charge in [0, 0.05) is 12.7 Å². The third-order valence-corrected chi connectivity index (χ3v) is 4.18. The van der Waals surface area contributed by atoms with Crippen LogP contribution in [0, 0.1) is 0 Å². The summed E-state index contributed by atoms with van der Waals surface area (Å²) in [6.45, 7) is 5.64. The quantitative estimate of drug-likeness (QED) is 0.894. The molecule has 0 spiro atoms. The van der Waals surface area contributed by atoms with Gasteiger partial charge in [-0.1, -0.05) is 24.8 Å². The molecule has 0 aliphatic carbocycles. The second-order valence-electron chi connectivity index (χ2n) is 4.35. The molecule has 0 radical (unpaired) electrons. The number of nitrogens with zero attached hydrogens (tertiary/aromatic N) is 2. The highest BCUT2D eigenvalue weighted by Crippen LogP contribution is 2.30. The van der Waals surface area contributed by atoms with Crippen molar-refractivity contribution in [1.82, 2.24) is 14.7 Å². The lowest BCUT2D eigenvalue weighted by molar-refractivity contribution is 0.0454. The van der Waals surface area contributed by atoms with E-state index in [-0.39, 0.29) is 0 Å². The van der Waals surface area contributed by atoms with Gasteiger partial charge in [-0.2, -0.15) is 0 Å². The molecular weight excluding hydrogens is 246 g/mol. The number of rotatable bonds is 5. The number of hydrogen-bond donors (Lipinski definition) is 1. The summed E-state index contributed by atoms with van der Waals surface area (Å²) in [5.74, 6) is 0. The van der Waals surface area contributed by atoms with Crippen LogP contribution in [0.25, 0.3) is 5.65 Å². The average Bonchev–Trinajstić information content (AvgIpc) is 2.69. The standard InChI is InChI=1S/C13H17N3OS/c1-2-14-7-11-13(18-10-8-17-9-10)15-12-5-3-4-6-16(11)12/h3-6,10,14H,2,7-9H2,1H3. The van der Waals surface area contributed by atoms with E-state index in [0.29, 0.717) is 5.25 Å². The lowest BCUT2D eigenvalue weighted by atomic mass is 10.4. The SMILES string of the molecule is CCNCc1c(SC2COC2)nc2ccccn12. The van der Waals surface area contributed by atoms with Crippen molar-refractivity contribution >= 4 is 17.4 Å². The van der Waals surface area contributed by atoms with Crippen molar-refractivity contribution in [1.29, 1.82) is 0 Å². The summed E-state index contributed by atoms with van der Waals surface area (Å²) in [5.41, 5.74) is 2.28. The smallest absolute Gasteiger partial charge is 0.138 e. The van der Waals surface area contributed by atoms with Crippen LogP contribution in [0.2, 0.25) is 0 Å². The maximum atomic E-state index is 5.23. The monoisotopic (exact) mass is 263 g/mol. The predicted octanol–water partition coefficient (Wildman–Crippen LogP) is 1.93. The minimum Gasteiger partial charge on any atom is -0.379 e. The Morgan fingerprint density at radius 1 is 1.50 bits per heavy atom. The number of hydrogen-bond acceptors (Lipinski definition) is 4. The first kappa shape index (κ1) is 12.0. The predicted molar refractivity (Wildman–Crippen MR) is 73.0 cm³/mol. The van der Waals surface area contributed by atoms with Crippen LogP contribution in [0.3, 0.4) is 0 Å². The van der Waals surface area contributed by atoms with E-state index in [1.165, 1.54) is 5.69 Å². The lowest BCUT2D eigenvalue weighted by Gasteiger charge is -2.24. The summed E-state index contributed by atoms with van der Waals surface area (Å²) in [6, 6.07) is 6.13. The highest BCUT2D eigenvalue weighted by atomic mass is 32.2. The molecule has 1 aliphatic heterocycles. The van der Waals surface area contributed by atoms with E-state index in [0.717, 1.165) is 37.0 Å². The minimum absolute atomic E-state index is 0.565. The summed E-state index contributed by atoms with van der Waals surface area (Å²) < 4.78 is 7.40. The zero-order chi connectivity index (χ0) is 12.4. The molecule has 1 N–H and O–H groups in total. The molecule has 0 aromatic carbocycles. The number of imidazole rings is 1. The largest absolute Gasteiger partial charge is 0.379 e. The Labute approximate surface area is 111 Å². The molecule has 0 unspecified atom stereocenters. The lowest BCUT2D eigenvalue weighted by Crippen LogP contribution is -2.30. The van der Waals surface area contributed by atoms with Gasteiger partial charge in [0.1, 0.15) is 10.7 Å². The molecule has 1 fully saturated rings. The molecule has 0 saturated carbocycles. The molecule has 5 heteroatoms. The third-order valence-electron chi connectivity index (χ3n) is 3.02. The molecule has 18 heavy (non-hydrogen) atoms. The van der Waals surface area contributed by atoms with Crippen LogP contribution in [0.15, 0.2) is 29.4 Å². The molecular formula is C13H17N3OS. The fourth-order valence-corrected chi connectivity index (χ4v) is 3.06. The first-order valence-electron chi connectivity index (χ1n) is 6.29. The summed E-state index contributed by atoms with van der Waals surface area (Å²) >= 11 is 1.84. The van der Waals surface area contributed by atoms with Crippen molar-refractivity contribution in [3.63, 3.8) is 0 Å². The molecule has 96 valence electrons.